The number of carboxylic acids is 1. The van der Waals surface area contributed by atoms with Gasteiger partial charge in [-0.3, -0.25) is 4.79 Å². The fourth-order valence-corrected chi connectivity index (χ4v) is 2.76. The number of amides is 1. The van der Waals surface area contributed by atoms with Crippen LogP contribution in [0.3, 0.4) is 0 Å². The van der Waals surface area contributed by atoms with Crippen LogP contribution >= 0.6 is 0 Å². The first-order valence-electron chi connectivity index (χ1n) is 6.99. The van der Waals surface area contributed by atoms with Crippen LogP contribution in [0.5, 0.6) is 0 Å². The molecule has 1 amide bonds. The van der Waals surface area contributed by atoms with Gasteiger partial charge in [-0.05, 0) is 38.8 Å². The quantitative estimate of drug-likeness (QED) is 0.756. The third-order valence-electron chi connectivity index (χ3n) is 3.88. The van der Waals surface area contributed by atoms with Crippen LogP contribution in [0, 0.1) is 5.92 Å². The summed E-state index contributed by atoms with van der Waals surface area (Å²) in [7, 11) is 0. The third kappa shape index (κ3) is 4.18. The molecule has 0 spiro atoms. The summed E-state index contributed by atoms with van der Waals surface area (Å²) >= 11 is 0. The van der Waals surface area contributed by atoms with E-state index in [4.69, 9.17) is 9.84 Å². The number of likely N-dealkylation sites (tertiary alicyclic amines) is 1. The monoisotopic (exact) mass is 270 g/mol. The number of carbonyl (C=O) groups is 2. The Balaban J connectivity index is 1.72. The summed E-state index contributed by atoms with van der Waals surface area (Å²) in [6, 6.07) is 0. The number of carboxylic acid groups (broad SMARTS) is 1. The van der Waals surface area contributed by atoms with Crippen molar-refractivity contribution in [1.29, 1.82) is 0 Å². The standard InChI is InChI=1S/C13H22N2O4/c16-12(17)9-19-11-3-7-15(8-4-11)13(18)10-1-5-14-6-2-10/h10-11,14H,1-9H2,(H,16,17). The number of carbonyl (C=O) groups excluding carboxylic acids is 1. The van der Waals surface area contributed by atoms with Crippen LogP contribution in [0.4, 0.5) is 0 Å². The lowest BCUT2D eigenvalue weighted by molar-refractivity contribution is -0.147. The number of nitrogens with zero attached hydrogens (tertiary/aromatic N) is 1. The van der Waals surface area contributed by atoms with Crippen LogP contribution in [0.2, 0.25) is 0 Å². The number of piperidine rings is 2. The van der Waals surface area contributed by atoms with E-state index in [2.05, 4.69) is 5.32 Å². The minimum atomic E-state index is -0.937. The van der Waals surface area contributed by atoms with E-state index in [0.717, 1.165) is 38.8 Å². The molecule has 0 bridgehead atoms. The van der Waals surface area contributed by atoms with E-state index < -0.39 is 5.97 Å². The normalized spacial score (nSPS) is 22.4. The molecule has 2 N–H and O–H groups in total. The molecule has 2 aliphatic heterocycles. The maximum Gasteiger partial charge on any atom is 0.329 e. The fourth-order valence-electron chi connectivity index (χ4n) is 2.76. The molecule has 0 atom stereocenters. The summed E-state index contributed by atoms with van der Waals surface area (Å²) < 4.78 is 5.27. The van der Waals surface area contributed by atoms with Gasteiger partial charge >= 0.3 is 5.97 Å². The highest BCUT2D eigenvalue weighted by Crippen LogP contribution is 2.20. The highest BCUT2D eigenvalue weighted by Gasteiger charge is 2.29. The van der Waals surface area contributed by atoms with Crippen molar-refractivity contribution in [2.45, 2.75) is 31.8 Å². The molecule has 0 radical (unpaired) electrons. The van der Waals surface area contributed by atoms with Gasteiger partial charge in [0, 0.05) is 19.0 Å². The molecule has 6 heteroatoms. The van der Waals surface area contributed by atoms with Gasteiger partial charge in [0.25, 0.3) is 0 Å². The van der Waals surface area contributed by atoms with Crippen LogP contribution in [-0.4, -0.2) is 60.8 Å². The molecule has 0 aromatic rings. The van der Waals surface area contributed by atoms with E-state index in [9.17, 15) is 9.59 Å². The second-order valence-electron chi connectivity index (χ2n) is 5.25. The summed E-state index contributed by atoms with van der Waals surface area (Å²) in [5.41, 5.74) is 0. The van der Waals surface area contributed by atoms with Gasteiger partial charge in [0.1, 0.15) is 6.61 Å². The Morgan fingerprint density at radius 1 is 1.16 bits per heavy atom. The lowest BCUT2D eigenvalue weighted by Gasteiger charge is -2.35. The summed E-state index contributed by atoms with van der Waals surface area (Å²) in [6.07, 6.45) is 3.31. The van der Waals surface area contributed by atoms with Crippen molar-refractivity contribution in [2.75, 3.05) is 32.8 Å². The Morgan fingerprint density at radius 3 is 2.37 bits per heavy atom. The van der Waals surface area contributed by atoms with Crippen molar-refractivity contribution in [3.63, 3.8) is 0 Å². The van der Waals surface area contributed by atoms with E-state index in [-0.39, 0.29) is 24.5 Å². The highest BCUT2D eigenvalue weighted by atomic mass is 16.5. The zero-order chi connectivity index (χ0) is 13.7. The van der Waals surface area contributed by atoms with Gasteiger partial charge in [-0.2, -0.15) is 0 Å². The van der Waals surface area contributed by atoms with Gasteiger partial charge in [0.05, 0.1) is 6.10 Å². The summed E-state index contributed by atoms with van der Waals surface area (Å²) in [6.45, 7) is 2.98. The molecule has 2 rings (SSSR count). The van der Waals surface area contributed by atoms with Crippen molar-refractivity contribution >= 4 is 11.9 Å². The number of rotatable bonds is 4. The predicted octanol–water partition coefficient (Wildman–Crippen LogP) is 0.0782. The molecule has 2 heterocycles. The average molecular weight is 270 g/mol. The molecule has 6 nitrogen and oxygen atoms in total. The lowest BCUT2D eigenvalue weighted by atomic mass is 9.95. The van der Waals surface area contributed by atoms with Crippen LogP contribution in [0.25, 0.3) is 0 Å². The summed E-state index contributed by atoms with van der Waals surface area (Å²) in [4.78, 5) is 24.6. The highest BCUT2D eigenvalue weighted by molar-refractivity contribution is 5.79. The summed E-state index contributed by atoms with van der Waals surface area (Å²) in [5.74, 6) is -0.510. The van der Waals surface area contributed by atoms with Crippen LogP contribution in [-0.2, 0) is 14.3 Å². The van der Waals surface area contributed by atoms with E-state index in [1.165, 1.54) is 0 Å². The van der Waals surface area contributed by atoms with Crippen LogP contribution in [0.1, 0.15) is 25.7 Å². The Hall–Kier alpha value is -1.14. The Kier molecular flexibility index (Phi) is 5.15. The van der Waals surface area contributed by atoms with Crippen molar-refractivity contribution in [1.82, 2.24) is 10.2 Å². The zero-order valence-corrected chi connectivity index (χ0v) is 11.1. The molecule has 108 valence electrons. The van der Waals surface area contributed by atoms with Crippen molar-refractivity contribution in [3.05, 3.63) is 0 Å². The van der Waals surface area contributed by atoms with Crippen LogP contribution < -0.4 is 5.32 Å². The SMILES string of the molecule is O=C(O)COC1CCN(C(=O)C2CCNCC2)CC1. The minimum Gasteiger partial charge on any atom is -0.480 e. The second-order valence-corrected chi connectivity index (χ2v) is 5.25. The molecule has 2 aliphatic rings. The molecule has 0 aliphatic carbocycles. The molecule has 0 aromatic carbocycles. The predicted molar refractivity (Wildman–Crippen MR) is 68.8 cm³/mol. The Morgan fingerprint density at radius 2 is 1.79 bits per heavy atom. The Bertz CT molecular complexity index is 321. The van der Waals surface area contributed by atoms with Gasteiger partial charge in [0.15, 0.2) is 0 Å². The van der Waals surface area contributed by atoms with Crippen molar-refractivity contribution in [2.24, 2.45) is 5.92 Å². The number of ether oxygens (including phenoxy) is 1. The van der Waals surface area contributed by atoms with E-state index in [1.54, 1.807) is 0 Å². The van der Waals surface area contributed by atoms with Gasteiger partial charge < -0.3 is 20.1 Å². The van der Waals surface area contributed by atoms with Gasteiger partial charge in [-0.25, -0.2) is 4.79 Å². The molecule has 0 saturated carbocycles. The summed E-state index contributed by atoms with van der Waals surface area (Å²) in [5, 5.41) is 11.8. The van der Waals surface area contributed by atoms with E-state index in [1.807, 2.05) is 4.90 Å². The van der Waals surface area contributed by atoms with E-state index >= 15 is 0 Å². The van der Waals surface area contributed by atoms with Crippen molar-refractivity contribution in [3.8, 4) is 0 Å². The number of aliphatic carboxylic acids is 1. The molecular formula is C13H22N2O4. The number of hydrogen-bond donors (Lipinski definition) is 2. The molecule has 0 unspecified atom stereocenters. The van der Waals surface area contributed by atoms with Gasteiger partial charge in [0.2, 0.25) is 5.91 Å². The number of hydrogen-bond acceptors (Lipinski definition) is 4. The maximum atomic E-state index is 12.3. The third-order valence-corrected chi connectivity index (χ3v) is 3.88. The first-order chi connectivity index (χ1) is 9.16. The topological polar surface area (TPSA) is 78.9 Å². The average Bonchev–Trinajstić information content (AvgIpc) is 2.46. The Labute approximate surface area is 113 Å². The molecule has 2 saturated heterocycles. The van der Waals surface area contributed by atoms with Crippen molar-refractivity contribution < 1.29 is 19.4 Å². The van der Waals surface area contributed by atoms with Gasteiger partial charge in [-0.1, -0.05) is 0 Å². The molecule has 2 fully saturated rings. The second kappa shape index (κ2) is 6.86. The largest absolute Gasteiger partial charge is 0.480 e. The lowest BCUT2D eigenvalue weighted by Crippen LogP contribution is -2.46. The molecular weight excluding hydrogens is 248 g/mol. The van der Waals surface area contributed by atoms with Gasteiger partial charge in [-0.15, -0.1) is 0 Å². The zero-order valence-electron chi connectivity index (χ0n) is 11.1. The first-order valence-corrected chi connectivity index (χ1v) is 6.99. The minimum absolute atomic E-state index is 0.0202. The first kappa shape index (κ1) is 14.3. The number of nitrogens with one attached hydrogen (secondary N) is 1. The van der Waals surface area contributed by atoms with E-state index in [0.29, 0.717) is 13.1 Å². The maximum absolute atomic E-state index is 12.3. The fraction of sp³-hybridized carbons (Fsp3) is 0.846. The van der Waals surface area contributed by atoms with Crippen LogP contribution in [0.15, 0.2) is 0 Å². The molecule has 0 aromatic heterocycles. The molecule has 19 heavy (non-hydrogen) atoms. The smallest absolute Gasteiger partial charge is 0.329 e.